The monoisotopic (exact) mass is 502 g/mol. The lowest BCUT2D eigenvalue weighted by atomic mass is 9.98. The number of piperazine rings is 1. The molecule has 2 amide bonds. The molecule has 1 aromatic carbocycles. The quantitative estimate of drug-likeness (QED) is 0.619. The Labute approximate surface area is 206 Å². The molecule has 35 heavy (non-hydrogen) atoms. The summed E-state index contributed by atoms with van der Waals surface area (Å²) in [5.41, 5.74) is -0.170. The van der Waals surface area contributed by atoms with Gasteiger partial charge in [0, 0.05) is 26.2 Å². The van der Waals surface area contributed by atoms with Crippen molar-refractivity contribution in [2.24, 2.45) is 0 Å². The molecule has 5 rings (SSSR count). The molecule has 3 aliphatic rings. The number of rotatable bonds is 3. The van der Waals surface area contributed by atoms with Gasteiger partial charge in [-0.3, -0.25) is 9.59 Å². The molecule has 0 radical (unpaired) electrons. The summed E-state index contributed by atoms with van der Waals surface area (Å²) in [6.45, 7) is 6.42. The number of aliphatic hydroxyl groups excluding tert-OH is 1. The number of halogens is 2. The zero-order valence-electron chi connectivity index (χ0n) is 18.9. The molecule has 3 atom stereocenters. The summed E-state index contributed by atoms with van der Waals surface area (Å²) in [6.07, 6.45) is 0.600. The molecule has 2 saturated heterocycles. The molecule has 1 aromatic heterocycles. The van der Waals surface area contributed by atoms with Crippen molar-refractivity contribution < 1.29 is 28.9 Å². The van der Waals surface area contributed by atoms with Crippen molar-refractivity contribution in [1.82, 2.24) is 14.8 Å². The number of carbonyl (C=O) groups excluding carboxylic acids is 2. The van der Waals surface area contributed by atoms with Crippen LogP contribution in [0.2, 0.25) is 5.02 Å². The van der Waals surface area contributed by atoms with Crippen LogP contribution in [0.1, 0.15) is 17.3 Å². The van der Waals surface area contributed by atoms with Gasteiger partial charge < -0.3 is 29.6 Å². The van der Waals surface area contributed by atoms with Gasteiger partial charge in [-0.05, 0) is 25.1 Å². The van der Waals surface area contributed by atoms with Crippen LogP contribution in [0, 0.1) is 5.82 Å². The second-order valence-corrected chi connectivity index (χ2v) is 9.23. The first-order valence-electron chi connectivity index (χ1n) is 11.2. The lowest BCUT2D eigenvalue weighted by Gasteiger charge is -2.45. The number of β-amino-alcohol motifs (C(OH)–C–C–N with tert-alkyl or cyclic N) is 1. The minimum atomic E-state index is -0.738. The fraction of sp³-hybridized carbons (Fsp3) is 0.375. The normalized spacial score (nSPS) is 23.6. The number of pyridine rings is 1. The SMILES string of the molecule is C=CC(=O)N1CCN2C(=O)c3c(N4C[C@@H](O)[C@@H]4C)nc(-c4c(O)cccc4F)c(Cl)c3OCC2C1. The summed E-state index contributed by atoms with van der Waals surface area (Å²) in [6, 6.07) is 3.04. The molecule has 2 N–H and O–H groups in total. The summed E-state index contributed by atoms with van der Waals surface area (Å²) in [5, 5.41) is 20.4. The van der Waals surface area contributed by atoms with E-state index in [1.165, 1.54) is 24.3 Å². The molecule has 0 aliphatic carbocycles. The van der Waals surface area contributed by atoms with Crippen LogP contribution in [-0.4, -0.2) is 87.8 Å². The molecule has 0 saturated carbocycles. The first kappa shape index (κ1) is 23.4. The third-order valence-corrected chi connectivity index (χ3v) is 7.22. The summed E-state index contributed by atoms with van der Waals surface area (Å²) in [7, 11) is 0. The smallest absolute Gasteiger partial charge is 0.261 e. The van der Waals surface area contributed by atoms with Crippen LogP contribution in [0.25, 0.3) is 11.3 Å². The van der Waals surface area contributed by atoms with E-state index in [1.54, 1.807) is 21.6 Å². The predicted molar refractivity (Wildman–Crippen MR) is 126 cm³/mol. The average Bonchev–Trinajstić information content (AvgIpc) is 3.00. The van der Waals surface area contributed by atoms with Gasteiger partial charge in [-0.1, -0.05) is 24.2 Å². The van der Waals surface area contributed by atoms with Gasteiger partial charge in [-0.2, -0.15) is 0 Å². The van der Waals surface area contributed by atoms with E-state index in [0.29, 0.717) is 6.54 Å². The van der Waals surface area contributed by atoms with Gasteiger partial charge in [0.25, 0.3) is 5.91 Å². The van der Waals surface area contributed by atoms with E-state index >= 15 is 0 Å². The number of benzene rings is 1. The van der Waals surface area contributed by atoms with Gasteiger partial charge >= 0.3 is 0 Å². The highest BCUT2D eigenvalue weighted by Crippen LogP contribution is 2.47. The topological polar surface area (TPSA) is 106 Å². The van der Waals surface area contributed by atoms with Crippen molar-refractivity contribution in [2.45, 2.75) is 25.1 Å². The van der Waals surface area contributed by atoms with E-state index in [1.807, 2.05) is 0 Å². The van der Waals surface area contributed by atoms with E-state index in [0.717, 1.165) is 0 Å². The minimum absolute atomic E-state index is 0.0314. The zero-order chi connectivity index (χ0) is 25.0. The van der Waals surface area contributed by atoms with Crippen LogP contribution in [0.5, 0.6) is 11.5 Å². The number of aromatic nitrogens is 1. The molecule has 0 spiro atoms. The largest absolute Gasteiger partial charge is 0.507 e. The van der Waals surface area contributed by atoms with Crippen LogP contribution >= 0.6 is 11.6 Å². The lowest BCUT2D eigenvalue weighted by molar-refractivity contribution is -0.128. The fourth-order valence-electron chi connectivity index (χ4n) is 4.77. The highest BCUT2D eigenvalue weighted by molar-refractivity contribution is 6.35. The molecule has 3 aliphatic heterocycles. The molecule has 0 bridgehead atoms. The number of phenolic OH excluding ortho intramolecular Hbond substituents is 1. The number of anilines is 1. The van der Waals surface area contributed by atoms with Gasteiger partial charge in [-0.15, -0.1) is 0 Å². The number of hydrogen-bond donors (Lipinski definition) is 2. The highest BCUT2D eigenvalue weighted by Gasteiger charge is 2.44. The Hall–Kier alpha value is -3.37. The molecule has 11 heteroatoms. The second-order valence-electron chi connectivity index (χ2n) is 8.85. The number of ether oxygens (including phenoxy) is 1. The van der Waals surface area contributed by atoms with Crippen molar-refractivity contribution in [1.29, 1.82) is 0 Å². The van der Waals surface area contributed by atoms with Gasteiger partial charge in [0.15, 0.2) is 5.75 Å². The first-order valence-corrected chi connectivity index (χ1v) is 11.6. The molecular weight excluding hydrogens is 479 g/mol. The Morgan fingerprint density at radius 1 is 1.29 bits per heavy atom. The molecular formula is C24H24ClFN4O5. The molecule has 2 aromatic rings. The number of aromatic hydroxyl groups is 1. The van der Waals surface area contributed by atoms with E-state index in [2.05, 4.69) is 11.6 Å². The molecule has 1 unspecified atom stereocenters. The Bertz CT molecular complexity index is 1220. The highest BCUT2D eigenvalue weighted by atomic mass is 35.5. The maximum Gasteiger partial charge on any atom is 0.261 e. The van der Waals surface area contributed by atoms with Gasteiger partial charge in [0.05, 0.1) is 23.8 Å². The number of carbonyl (C=O) groups is 2. The lowest BCUT2D eigenvalue weighted by Crippen LogP contribution is -2.60. The predicted octanol–water partition coefficient (Wildman–Crippen LogP) is 2.05. The maximum atomic E-state index is 14.8. The summed E-state index contributed by atoms with van der Waals surface area (Å²) < 4.78 is 20.8. The summed E-state index contributed by atoms with van der Waals surface area (Å²) in [5.74, 6) is -1.50. The van der Waals surface area contributed by atoms with E-state index < -0.39 is 18.0 Å². The molecule has 184 valence electrons. The van der Waals surface area contributed by atoms with Crippen LogP contribution in [-0.2, 0) is 4.79 Å². The Morgan fingerprint density at radius 2 is 2.06 bits per heavy atom. The van der Waals surface area contributed by atoms with Crippen LogP contribution in [0.3, 0.4) is 0 Å². The van der Waals surface area contributed by atoms with Gasteiger partial charge in [0.2, 0.25) is 5.91 Å². The maximum absolute atomic E-state index is 14.8. The van der Waals surface area contributed by atoms with Crippen molar-refractivity contribution in [2.75, 3.05) is 37.7 Å². The van der Waals surface area contributed by atoms with Crippen molar-refractivity contribution >= 4 is 29.2 Å². The molecule has 4 heterocycles. The molecule has 9 nitrogen and oxygen atoms in total. The van der Waals surface area contributed by atoms with E-state index in [-0.39, 0.29) is 83.3 Å². The number of aliphatic hydroxyl groups is 1. The molecule has 2 fully saturated rings. The second kappa shape index (κ2) is 8.69. The number of amides is 2. The Kier molecular flexibility index (Phi) is 5.80. The third kappa shape index (κ3) is 3.68. The van der Waals surface area contributed by atoms with E-state index in [4.69, 9.17) is 16.3 Å². The standard InChI is InChI=1S/C24H24ClFN4O5/c1-3-17(33)28-7-8-29-13(9-28)11-35-22-19(24(29)34)23(30-10-16(32)12(30)2)27-21(20(22)25)18-14(26)5-4-6-15(18)31/h3-6,12-13,16,31-32H,1,7-11H2,2H3/t12-,13?,16+/m0/s1. The van der Waals surface area contributed by atoms with Crippen LogP contribution in [0.4, 0.5) is 10.2 Å². The number of hydrogen-bond acceptors (Lipinski definition) is 7. The van der Waals surface area contributed by atoms with Crippen molar-refractivity contribution in [3.8, 4) is 22.8 Å². The summed E-state index contributed by atoms with van der Waals surface area (Å²) >= 11 is 6.66. The van der Waals surface area contributed by atoms with Crippen molar-refractivity contribution in [3.63, 3.8) is 0 Å². The van der Waals surface area contributed by atoms with Gasteiger partial charge in [-0.25, -0.2) is 9.37 Å². The fourth-order valence-corrected chi connectivity index (χ4v) is 5.05. The minimum Gasteiger partial charge on any atom is -0.507 e. The van der Waals surface area contributed by atoms with Crippen LogP contribution < -0.4 is 9.64 Å². The number of fused-ring (bicyclic) bond motifs is 2. The number of nitrogens with zero attached hydrogens (tertiary/aromatic N) is 4. The van der Waals surface area contributed by atoms with E-state index in [9.17, 15) is 24.2 Å². The Morgan fingerprint density at radius 3 is 2.71 bits per heavy atom. The average molecular weight is 503 g/mol. The summed E-state index contributed by atoms with van der Waals surface area (Å²) in [4.78, 5) is 35.5. The zero-order valence-corrected chi connectivity index (χ0v) is 19.7. The number of phenols is 1. The van der Waals surface area contributed by atoms with Crippen molar-refractivity contribution in [3.05, 3.63) is 47.3 Å². The Balaban J connectivity index is 1.66. The third-order valence-electron chi connectivity index (χ3n) is 6.87. The van der Waals surface area contributed by atoms with Gasteiger partial charge in [0.1, 0.15) is 40.3 Å². The first-order chi connectivity index (χ1) is 16.7. The van der Waals surface area contributed by atoms with Crippen LogP contribution in [0.15, 0.2) is 30.9 Å².